The summed E-state index contributed by atoms with van der Waals surface area (Å²) in [5.74, 6) is 1.38. The van der Waals surface area contributed by atoms with Crippen molar-refractivity contribution in [3.63, 3.8) is 0 Å². The summed E-state index contributed by atoms with van der Waals surface area (Å²) in [6.07, 6.45) is 11.2. The normalized spacial score (nSPS) is 17.3. The number of pyridine rings is 1. The number of carbonyl (C=O) groups excluding carboxylic acids is 3. The topological polar surface area (TPSA) is 129 Å². The Balaban J connectivity index is 1.14. The second-order valence-electron chi connectivity index (χ2n) is 10.3. The quantitative estimate of drug-likeness (QED) is 0.387. The van der Waals surface area contributed by atoms with Crippen LogP contribution in [0.25, 0.3) is 10.9 Å². The summed E-state index contributed by atoms with van der Waals surface area (Å²) in [4.78, 5) is 45.0. The lowest BCUT2D eigenvalue weighted by Crippen LogP contribution is -2.42. The highest BCUT2D eigenvalue weighted by Crippen LogP contribution is 2.31. The Morgan fingerprint density at radius 1 is 1.05 bits per heavy atom. The third-order valence-corrected chi connectivity index (χ3v) is 7.95. The molecule has 0 bridgehead atoms. The van der Waals surface area contributed by atoms with Crippen LogP contribution < -0.4 is 15.1 Å². The number of hydrogen-bond acceptors (Lipinski definition) is 9. The van der Waals surface area contributed by atoms with Crippen LogP contribution >= 0.6 is 0 Å². The van der Waals surface area contributed by atoms with E-state index in [-0.39, 0.29) is 24.9 Å². The molecule has 0 saturated carbocycles. The van der Waals surface area contributed by atoms with Gasteiger partial charge in [0.1, 0.15) is 5.69 Å². The molecule has 3 aromatic rings. The van der Waals surface area contributed by atoms with Crippen LogP contribution in [0, 0.1) is 5.92 Å². The number of hydrogen-bond donors (Lipinski definition) is 1. The van der Waals surface area contributed by atoms with Gasteiger partial charge in [-0.2, -0.15) is 5.10 Å². The van der Waals surface area contributed by atoms with E-state index in [2.05, 4.69) is 35.0 Å². The van der Waals surface area contributed by atoms with Gasteiger partial charge in [-0.1, -0.05) is 0 Å². The van der Waals surface area contributed by atoms with Crippen molar-refractivity contribution in [3.8, 4) is 0 Å². The number of nitrogens with one attached hydrogen (secondary N) is 1. The summed E-state index contributed by atoms with van der Waals surface area (Å²) in [5.41, 5.74) is 1.94. The second-order valence-corrected chi connectivity index (χ2v) is 10.3. The monoisotopic (exact) mass is 533 g/mol. The molecule has 0 unspecified atom stereocenters. The van der Waals surface area contributed by atoms with E-state index < -0.39 is 0 Å². The molecule has 0 atom stereocenters. The third kappa shape index (κ3) is 6.06. The van der Waals surface area contributed by atoms with Crippen LogP contribution in [0.15, 0.2) is 30.7 Å². The molecule has 12 heteroatoms. The van der Waals surface area contributed by atoms with Gasteiger partial charge in [-0.05, 0) is 43.7 Å². The Hall–Kier alpha value is -3.93. The fraction of sp³-hybridized carbons (Fsp3) is 0.519. The van der Waals surface area contributed by atoms with Crippen molar-refractivity contribution >= 4 is 41.0 Å². The summed E-state index contributed by atoms with van der Waals surface area (Å²) in [7, 11) is 1.59. The van der Waals surface area contributed by atoms with Gasteiger partial charge in [0.05, 0.1) is 35.8 Å². The molecule has 2 fully saturated rings. The molecule has 2 aliphatic heterocycles. The number of aromatic nitrogens is 5. The van der Waals surface area contributed by atoms with Gasteiger partial charge < -0.3 is 20.0 Å². The maximum atomic E-state index is 11.8. The van der Waals surface area contributed by atoms with Crippen LogP contribution in [0.5, 0.6) is 0 Å². The number of amides is 2. The Morgan fingerprint density at radius 3 is 2.51 bits per heavy atom. The number of nitrogens with zero attached hydrogens (tertiary/aromatic N) is 8. The fourth-order valence-corrected chi connectivity index (χ4v) is 5.67. The molecule has 2 amide bonds. The number of carbonyl (C=O) groups is 3. The molecule has 0 aromatic carbocycles. The number of rotatable bonds is 10. The van der Waals surface area contributed by atoms with Gasteiger partial charge >= 0.3 is 0 Å². The molecule has 12 nitrogen and oxygen atoms in total. The Morgan fingerprint density at radius 2 is 1.85 bits per heavy atom. The second kappa shape index (κ2) is 12.3. The maximum absolute atomic E-state index is 11.8. The van der Waals surface area contributed by atoms with Crippen LogP contribution in [-0.2, 0) is 9.59 Å². The van der Waals surface area contributed by atoms with Crippen molar-refractivity contribution in [2.45, 2.75) is 38.1 Å². The minimum absolute atomic E-state index is 0.116. The first-order chi connectivity index (χ1) is 19.1. The first-order valence-electron chi connectivity index (χ1n) is 13.6. The summed E-state index contributed by atoms with van der Waals surface area (Å²) in [5, 5.41) is 16.3. The van der Waals surface area contributed by atoms with Crippen LogP contribution in [0.1, 0.15) is 48.6 Å². The molecule has 3 aromatic heterocycles. The minimum Gasteiger partial charge on any atom is -0.359 e. The standard InChI is InChI=1S/C27H35N9O3/c1-28-27(39)8-13-35(19-38)24-15-29-16-25-23(24)14-30-36(25)22-6-9-33(10-7-22)17-20-4-11-34(12-5-20)26-3-2-21(18-37)31-32-26/h2-3,14-16,18-20,22H,4-13,17H2,1H3,(H,28,39). The zero-order valence-electron chi connectivity index (χ0n) is 22.3. The molecule has 5 heterocycles. The zero-order chi connectivity index (χ0) is 27.2. The van der Waals surface area contributed by atoms with Gasteiger partial charge in [-0.3, -0.25) is 24.0 Å². The van der Waals surface area contributed by atoms with E-state index in [0.717, 1.165) is 81.5 Å². The molecule has 2 aliphatic rings. The smallest absolute Gasteiger partial charge is 0.221 e. The molecule has 206 valence electrons. The van der Waals surface area contributed by atoms with E-state index in [1.807, 2.05) is 12.3 Å². The first kappa shape index (κ1) is 26.7. The minimum atomic E-state index is -0.116. The van der Waals surface area contributed by atoms with Crippen molar-refractivity contribution in [1.29, 1.82) is 0 Å². The Labute approximate surface area is 227 Å². The van der Waals surface area contributed by atoms with Gasteiger partial charge in [-0.15, -0.1) is 10.2 Å². The van der Waals surface area contributed by atoms with Crippen molar-refractivity contribution in [2.24, 2.45) is 5.92 Å². The number of fused-ring (bicyclic) bond motifs is 1. The van der Waals surface area contributed by atoms with Crippen molar-refractivity contribution in [3.05, 3.63) is 36.4 Å². The highest BCUT2D eigenvalue weighted by atomic mass is 16.2. The van der Waals surface area contributed by atoms with E-state index in [0.29, 0.717) is 23.6 Å². The van der Waals surface area contributed by atoms with E-state index in [9.17, 15) is 14.4 Å². The van der Waals surface area contributed by atoms with Crippen LogP contribution in [0.2, 0.25) is 0 Å². The average molecular weight is 534 g/mol. The summed E-state index contributed by atoms with van der Waals surface area (Å²) in [6, 6.07) is 3.87. The van der Waals surface area contributed by atoms with Gasteiger partial charge in [0, 0.05) is 58.1 Å². The van der Waals surface area contributed by atoms with E-state index >= 15 is 0 Å². The van der Waals surface area contributed by atoms with Gasteiger partial charge in [0.2, 0.25) is 12.3 Å². The van der Waals surface area contributed by atoms with Crippen LogP contribution in [-0.4, -0.2) is 94.8 Å². The fourth-order valence-electron chi connectivity index (χ4n) is 5.67. The maximum Gasteiger partial charge on any atom is 0.221 e. The van der Waals surface area contributed by atoms with Crippen LogP contribution in [0.3, 0.4) is 0 Å². The molecule has 39 heavy (non-hydrogen) atoms. The van der Waals surface area contributed by atoms with Gasteiger partial charge in [-0.25, -0.2) is 0 Å². The summed E-state index contributed by atoms with van der Waals surface area (Å²) in [6.45, 7) is 5.32. The number of aldehydes is 1. The molecule has 2 saturated heterocycles. The Bertz CT molecular complexity index is 1280. The SMILES string of the molecule is CNC(=O)CCN(C=O)c1cncc2c1cnn2C1CCN(CC2CCN(c3ccc(C=O)nn3)CC2)CC1. The highest BCUT2D eigenvalue weighted by molar-refractivity contribution is 5.96. The molecule has 0 spiro atoms. The predicted octanol–water partition coefficient (Wildman–Crippen LogP) is 1.69. The lowest BCUT2D eigenvalue weighted by atomic mass is 9.94. The van der Waals surface area contributed by atoms with Gasteiger partial charge in [0.25, 0.3) is 0 Å². The Kier molecular flexibility index (Phi) is 8.40. The van der Waals surface area contributed by atoms with Crippen molar-refractivity contribution in [2.75, 3.05) is 56.1 Å². The predicted molar refractivity (Wildman–Crippen MR) is 147 cm³/mol. The lowest BCUT2D eigenvalue weighted by molar-refractivity contribution is -0.120. The van der Waals surface area contributed by atoms with E-state index in [4.69, 9.17) is 5.10 Å². The lowest BCUT2D eigenvalue weighted by Gasteiger charge is -2.38. The molecule has 0 radical (unpaired) electrons. The summed E-state index contributed by atoms with van der Waals surface area (Å²) < 4.78 is 2.06. The van der Waals surface area contributed by atoms with Crippen molar-refractivity contribution < 1.29 is 14.4 Å². The first-order valence-corrected chi connectivity index (χ1v) is 13.6. The zero-order valence-corrected chi connectivity index (χ0v) is 22.3. The molecular weight excluding hydrogens is 498 g/mol. The largest absolute Gasteiger partial charge is 0.359 e. The number of likely N-dealkylation sites (tertiary alicyclic amines) is 1. The average Bonchev–Trinajstić information content (AvgIpc) is 3.43. The van der Waals surface area contributed by atoms with Crippen molar-refractivity contribution in [1.82, 2.24) is 35.2 Å². The van der Waals surface area contributed by atoms with Crippen LogP contribution in [0.4, 0.5) is 11.5 Å². The third-order valence-electron chi connectivity index (χ3n) is 7.95. The number of piperidine rings is 2. The molecular formula is C27H35N9O3. The van der Waals surface area contributed by atoms with E-state index in [1.165, 1.54) is 4.90 Å². The van der Waals surface area contributed by atoms with Gasteiger partial charge in [0.15, 0.2) is 12.1 Å². The molecule has 0 aliphatic carbocycles. The molecule has 1 N–H and O–H groups in total. The molecule has 5 rings (SSSR count). The summed E-state index contributed by atoms with van der Waals surface area (Å²) >= 11 is 0. The number of anilines is 2. The van der Waals surface area contributed by atoms with E-state index in [1.54, 1.807) is 25.5 Å². The highest BCUT2D eigenvalue weighted by Gasteiger charge is 2.27.